The molecule has 4 atom stereocenters. The summed E-state index contributed by atoms with van der Waals surface area (Å²) in [5, 5.41) is 31.6. The van der Waals surface area contributed by atoms with Crippen LogP contribution < -0.4 is 0 Å². The molecule has 17 heteroatoms. The first kappa shape index (κ1) is 30.7. The molecule has 0 spiro atoms. The molecule has 16 nitrogen and oxygen atoms in total. The Kier molecular flexibility index (Phi) is 9.36. The van der Waals surface area contributed by atoms with Gasteiger partial charge in [0.2, 0.25) is 0 Å². The maximum absolute atomic E-state index is 13.0. The van der Waals surface area contributed by atoms with E-state index < -0.39 is 62.6 Å². The highest BCUT2D eigenvalue weighted by atomic mass is 79.9. The van der Waals surface area contributed by atoms with Crippen LogP contribution in [0.4, 0.5) is 17.1 Å². The zero-order valence-electron chi connectivity index (χ0n) is 21.5. The van der Waals surface area contributed by atoms with Crippen molar-refractivity contribution >= 4 is 50.9 Å². The van der Waals surface area contributed by atoms with E-state index in [0.29, 0.717) is 0 Å². The smallest absolute Gasteiger partial charge is 0.338 e. The van der Waals surface area contributed by atoms with Crippen LogP contribution in [0.5, 0.6) is 0 Å². The number of halogens is 1. The molecular weight excluding hydrogens is 642 g/mol. The number of esters is 3. The molecule has 0 N–H and O–H groups in total. The van der Waals surface area contributed by atoms with Crippen molar-refractivity contribution in [3.8, 4) is 0 Å². The van der Waals surface area contributed by atoms with Crippen molar-refractivity contribution in [2.75, 3.05) is 6.61 Å². The molecule has 1 fully saturated rings. The summed E-state index contributed by atoms with van der Waals surface area (Å²) in [6, 6.07) is 13.6. The number of ether oxygens (including phenoxy) is 4. The van der Waals surface area contributed by atoms with Gasteiger partial charge in [0.05, 0.1) is 31.5 Å². The van der Waals surface area contributed by atoms with Crippen LogP contribution in [0, 0.1) is 30.3 Å². The summed E-state index contributed by atoms with van der Waals surface area (Å²) < 4.78 is 22.1. The molecule has 3 aromatic carbocycles. The van der Waals surface area contributed by atoms with E-state index in [9.17, 15) is 44.7 Å². The quantitative estimate of drug-likeness (QED) is 0.0983. The summed E-state index contributed by atoms with van der Waals surface area (Å²) in [5.74, 6) is -2.78. The van der Waals surface area contributed by atoms with Crippen molar-refractivity contribution in [3.63, 3.8) is 0 Å². The number of alkyl halides is 1. The molecule has 0 aliphatic carbocycles. The zero-order chi connectivity index (χ0) is 31.3. The Labute approximate surface area is 248 Å². The molecule has 0 bridgehead atoms. The number of non-ortho nitro benzene ring substituents is 3. The minimum absolute atomic E-state index is 0.0143. The lowest BCUT2D eigenvalue weighted by atomic mass is 10.1. The highest BCUT2D eigenvalue weighted by Crippen LogP contribution is 2.32. The molecule has 0 aromatic heterocycles. The van der Waals surface area contributed by atoms with Gasteiger partial charge in [-0.05, 0) is 36.4 Å². The van der Waals surface area contributed by atoms with Gasteiger partial charge in [-0.1, -0.05) is 15.9 Å². The Morgan fingerprint density at radius 2 is 0.977 bits per heavy atom. The fraction of sp³-hybridized carbons (Fsp3) is 0.192. The van der Waals surface area contributed by atoms with E-state index in [1.54, 1.807) is 0 Å². The molecule has 0 unspecified atom stereocenters. The third-order valence-electron chi connectivity index (χ3n) is 6.06. The van der Waals surface area contributed by atoms with Gasteiger partial charge in [-0.2, -0.15) is 0 Å². The lowest BCUT2D eigenvalue weighted by Gasteiger charge is -2.23. The lowest BCUT2D eigenvalue weighted by Crippen LogP contribution is -2.41. The van der Waals surface area contributed by atoms with Crippen LogP contribution in [0.3, 0.4) is 0 Å². The van der Waals surface area contributed by atoms with E-state index in [4.69, 9.17) is 18.9 Å². The second kappa shape index (κ2) is 13.1. The normalized spacial score (nSPS) is 19.2. The van der Waals surface area contributed by atoms with E-state index in [0.717, 1.165) is 48.5 Å². The Balaban J connectivity index is 1.53. The van der Waals surface area contributed by atoms with Gasteiger partial charge in [-0.15, -0.1) is 0 Å². The third kappa shape index (κ3) is 7.32. The van der Waals surface area contributed by atoms with E-state index >= 15 is 0 Å². The molecule has 4 rings (SSSR count). The van der Waals surface area contributed by atoms with Crippen molar-refractivity contribution in [2.45, 2.75) is 23.3 Å². The molecule has 1 aliphatic rings. The molecule has 0 amide bonds. The van der Waals surface area contributed by atoms with Gasteiger partial charge in [0.25, 0.3) is 17.1 Å². The van der Waals surface area contributed by atoms with Crippen molar-refractivity contribution in [2.24, 2.45) is 0 Å². The van der Waals surface area contributed by atoms with Crippen LogP contribution in [0.1, 0.15) is 31.1 Å². The van der Waals surface area contributed by atoms with Crippen LogP contribution in [-0.2, 0) is 18.9 Å². The number of benzene rings is 3. The summed E-state index contributed by atoms with van der Waals surface area (Å²) in [6.07, 6.45) is -3.88. The van der Waals surface area contributed by atoms with Gasteiger partial charge in [0, 0.05) is 36.4 Å². The van der Waals surface area contributed by atoms with E-state index in [1.165, 1.54) is 24.3 Å². The fourth-order valence-electron chi connectivity index (χ4n) is 3.86. The SMILES string of the molecule is O=C(OC[C@H]1O[C@H](Br)[C@H](OC(=O)c2ccc([N+](=O)[O-])cc2)[C@@H]1OC(=O)c1ccc([N+](=O)[O-])cc1)c1ccc([N+](=O)[O-])cc1. The van der Waals surface area contributed by atoms with Crippen molar-refractivity contribution in [3.05, 3.63) is 120 Å². The Bertz CT molecular complexity index is 1560. The number of hydrogen-bond acceptors (Lipinski definition) is 13. The first-order valence-electron chi connectivity index (χ1n) is 12.1. The molecule has 1 heterocycles. The van der Waals surface area contributed by atoms with Crippen LogP contribution in [0.25, 0.3) is 0 Å². The maximum atomic E-state index is 13.0. The number of nitro groups is 3. The largest absolute Gasteiger partial charge is 0.459 e. The molecule has 0 saturated carbocycles. The molecular formula is C26H18BrN3O13. The lowest BCUT2D eigenvalue weighted by molar-refractivity contribution is -0.385. The Morgan fingerprint density at radius 1 is 0.628 bits per heavy atom. The van der Waals surface area contributed by atoms with Crippen molar-refractivity contribution in [1.29, 1.82) is 0 Å². The van der Waals surface area contributed by atoms with E-state index in [2.05, 4.69) is 15.9 Å². The highest BCUT2D eigenvalue weighted by Gasteiger charge is 2.49. The maximum Gasteiger partial charge on any atom is 0.338 e. The second-order valence-corrected chi connectivity index (χ2v) is 9.68. The van der Waals surface area contributed by atoms with Gasteiger partial charge < -0.3 is 18.9 Å². The Hall–Kier alpha value is -5.29. The summed E-state index contributed by atoms with van der Waals surface area (Å²) in [7, 11) is 0. The molecule has 0 radical (unpaired) electrons. The summed E-state index contributed by atoms with van der Waals surface area (Å²) in [4.78, 5) is 69.2. The predicted octanol–water partition coefficient (Wildman–Crippen LogP) is 4.14. The third-order valence-corrected chi connectivity index (χ3v) is 6.80. The van der Waals surface area contributed by atoms with Crippen LogP contribution in [0.15, 0.2) is 72.8 Å². The molecule has 3 aromatic rings. The molecule has 43 heavy (non-hydrogen) atoms. The van der Waals surface area contributed by atoms with Gasteiger partial charge >= 0.3 is 17.9 Å². The second-order valence-electron chi connectivity index (χ2n) is 8.78. The molecule has 222 valence electrons. The van der Waals surface area contributed by atoms with Crippen LogP contribution >= 0.6 is 15.9 Å². The fourth-order valence-corrected chi connectivity index (χ4v) is 4.55. The first-order valence-corrected chi connectivity index (χ1v) is 13.0. The average molecular weight is 660 g/mol. The number of carbonyl (C=O) groups excluding carboxylic acids is 3. The Morgan fingerprint density at radius 3 is 1.35 bits per heavy atom. The topological polar surface area (TPSA) is 218 Å². The number of nitro benzene ring substituents is 3. The standard InChI is InChI=1S/C26H18BrN3O13/c27-23-22(43-26(33)16-5-11-19(12-6-16)30(38)39)21(42-25(32)15-3-9-18(10-4-15)29(36)37)20(41-23)13-40-24(31)14-1-7-17(8-2-14)28(34)35/h1-12,20-23H,13H2/t20-,21-,22-,23+/m1/s1. The van der Waals surface area contributed by atoms with Gasteiger partial charge in [-0.3, -0.25) is 30.3 Å². The monoisotopic (exact) mass is 659 g/mol. The average Bonchev–Trinajstić information content (AvgIpc) is 3.28. The van der Waals surface area contributed by atoms with E-state index in [1.807, 2.05) is 0 Å². The minimum atomic E-state index is -1.38. The minimum Gasteiger partial charge on any atom is -0.459 e. The van der Waals surface area contributed by atoms with Crippen LogP contribution in [0.2, 0.25) is 0 Å². The summed E-state index contributed by atoms with van der Waals surface area (Å²) in [6.45, 7) is -0.512. The number of rotatable bonds is 10. The molecule has 1 saturated heterocycles. The summed E-state index contributed by atoms with van der Waals surface area (Å²) in [5.41, 5.74) is -0.922. The van der Waals surface area contributed by atoms with Crippen molar-refractivity contribution < 1.29 is 48.1 Å². The predicted molar refractivity (Wildman–Crippen MR) is 146 cm³/mol. The van der Waals surface area contributed by atoms with Gasteiger partial charge in [-0.25, -0.2) is 14.4 Å². The zero-order valence-corrected chi connectivity index (χ0v) is 23.1. The highest BCUT2D eigenvalue weighted by molar-refractivity contribution is 9.09. The number of hydrogen-bond donors (Lipinski definition) is 0. The van der Waals surface area contributed by atoms with Crippen LogP contribution in [-0.4, -0.2) is 62.6 Å². The van der Waals surface area contributed by atoms with Gasteiger partial charge in [0.15, 0.2) is 17.2 Å². The molecule has 1 aliphatic heterocycles. The summed E-state index contributed by atoms with van der Waals surface area (Å²) >= 11 is 3.20. The van der Waals surface area contributed by atoms with E-state index in [-0.39, 0.29) is 33.8 Å². The number of carbonyl (C=O) groups is 3. The number of nitrogens with zero attached hydrogens (tertiary/aromatic N) is 3. The van der Waals surface area contributed by atoms with Crippen molar-refractivity contribution in [1.82, 2.24) is 0 Å². The first-order chi connectivity index (χ1) is 20.4. The van der Waals surface area contributed by atoms with Gasteiger partial charge in [0.1, 0.15) is 12.7 Å².